The summed E-state index contributed by atoms with van der Waals surface area (Å²) >= 11 is 0. The van der Waals surface area contributed by atoms with Gasteiger partial charge >= 0.3 is 0 Å². The molecule has 7 nitrogen and oxygen atoms in total. The van der Waals surface area contributed by atoms with Crippen LogP contribution >= 0.6 is 0 Å². The van der Waals surface area contributed by atoms with Gasteiger partial charge in [0, 0.05) is 17.2 Å². The minimum absolute atomic E-state index is 0.0555. The zero-order valence-electron chi connectivity index (χ0n) is 14.3. The maximum atomic E-state index is 12.1. The van der Waals surface area contributed by atoms with Crippen LogP contribution in [0.3, 0.4) is 0 Å². The fourth-order valence-corrected chi connectivity index (χ4v) is 2.35. The second kappa shape index (κ2) is 7.10. The van der Waals surface area contributed by atoms with Crippen LogP contribution in [0.4, 0.5) is 0 Å². The van der Waals surface area contributed by atoms with E-state index in [-0.39, 0.29) is 17.2 Å². The SMILES string of the molecule is Cc1ccc(-c2cc(C(=O)N/N=C/c3ccc(O)cc3O)[nH]n2)cc1C. The van der Waals surface area contributed by atoms with Gasteiger partial charge in [-0.3, -0.25) is 9.89 Å². The molecule has 1 heterocycles. The Balaban J connectivity index is 1.70. The smallest absolute Gasteiger partial charge is 0.289 e. The van der Waals surface area contributed by atoms with Crippen molar-refractivity contribution in [2.45, 2.75) is 13.8 Å². The van der Waals surface area contributed by atoms with Crippen LogP contribution in [0.15, 0.2) is 47.6 Å². The number of H-pyrrole nitrogens is 1. The summed E-state index contributed by atoms with van der Waals surface area (Å²) in [5.41, 5.74) is 6.91. The molecule has 0 spiro atoms. The number of benzene rings is 2. The number of carbonyl (C=O) groups excluding carboxylic acids is 1. The molecule has 3 rings (SSSR count). The maximum absolute atomic E-state index is 12.1. The Labute approximate surface area is 150 Å². The van der Waals surface area contributed by atoms with Crippen molar-refractivity contribution in [3.8, 4) is 22.8 Å². The molecule has 0 aliphatic heterocycles. The Kier molecular flexibility index (Phi) is 4.70. The molecule has 2 aromatic carbocycles. The molecule has 0 aliphatic carbocycles. The first kappa shape index (κ1) is 17.2. The summed E-state index contributed by atoms with van der Waals surface area (Å²) in [6.45, 7) is 4.05. The Bertz CT molecular complexity index is 992. The first-order valence-corrected chi connectivity index (χ1v) is 7.92. The van der Waals surface area contributed by atoms with E-state index < -0.39 is 5.91 Å². The zero-order chi connectivity index (χ0) is 18.7. The van der Waals surface area contributed by atoms with Gasteiger partial charge < -0.3 is 10.2 Å². The number of phenols is 2. The third-order valence-corrected chi connectivity index (χ3v) is 4.01. The third-order valence-electron chi connectivity index (χ3n) is 4.01. The van der Waals surface area contributed by atoms with Crippen molar-refractivity contribution in [1.29, 1.82) is 0 Å². The molecule has 1 amide bonds. The van der Waals surface area contributed by atoms with Gasteiger partial charge in [-0.15, -0.1) is 0 Å². The Hall–Kier alpha value is -3.61. The molecular weight excluding hydrogens is 332 g/mol. The quantitative estimate of drug-likeness (QED) is 0.428. The van der Waals surface area contributed by atoms with Crippen molar-refractivity contribution < 1.29 is 15.0 Å². The van der Waals surface area contributed by atoms with Gasteiger partial charge in [-0.2, -0.15) is 10.2 Å². The van der Waals surface area contributed by atoms with Gasteiger partial charge in [0.2, 0.25) is 0 Å². The lowest BCUT2D eigenvalue weighted by molar-refractivity contribution is 0.0950. The molecule has 0 saturated heterocycles. The molecule has 1 aromatic heterocycles. The summed E-state index contributed by atoms with van der Waals surface area (Å²) < 4.78 is 0. The largest absolute Gasteiger partial charge is 0.508 e. The summed E-state index contributed by atoms with van der Waals surface area (Å²) in [7, 11) is 0. The van der Waals surface area contributed by atoms with Crippen LogP contribution in [0, 0.1) is 13.8 Å². The van der Waals surface area contributed by atoms with E-state index >= 15 is 0 Å². The van der Waals surface area contributed by atoms with Gasteiger partial charge in [0.05, 0.1) is 11.9 Å². The lowest BCUT2D eigenvalue weighted by Crippen LogP contribution is -2.18. The van der Waals surface area contributed by atoms with Crippen molar-refractivity contribution >= 4 is 12.1 Å². The first-order valence-electron chi connectivity index (χ1n) is 7.92. The molecule has 4 N–H and O–H groups in total. The number of hydrazone groups is 1. The van der Waals surface area contributed by atoms with Crippen molar-refractivity contribution in [3.05, 3.63) is 64.8 Å². The summed E-state index contributed by atoms with van der Waals surface area (Å²) in [5, 5.41) is 29.6. The van der Waals surface area contributed by atoms with E-state index in [2.05, 4.69) is 20.7 Å². The molecule has 0 saturated carbocycles. The molecule has 0 atom stereocenters. The molecular formula is C19H18N4O3. The number of aromatic hydroxyl groups is 2. The highest BCUT2D eigenvalue weighted by Crippen LogP contribution is 2.22. The number of nitrogens with zero attached hydrogens (tertiary/aromatic N) is 2. The van der Waals surface area contributed by atoms with Gasteiger partial charge in [0.1, 0.15) is 17.2 Å². The van der Waals surface area contributed by atoms with Crippen LogP contribution in [0.25, 0.3) is 11.3 Å². The molecule has 0 fully saturated rings. The standard InChI is InChI=1S/C19H18N4O3/c1-11-3-4-13(7-12(11)2)16-9-17(22-21-16)19(26)23-20-10-14-5-6-15(24)8-18(14)25/h3-10,24-25H,1-2H3,(H,21,22)(H,23,26)/b20-10+. The monoisotopic (exact) mass is 350 g/mol. The Morgan fingerprint density at radius 2 is 1.92 bits per heavy atom. The number of hydrogen-bond donors (Lipinski definition) is 4. The Morgan fingerprint density at radius 3 is 2.65 bits per heavy atom. The van der Waals surface area contributed by atoms with Crippen molar-refractivity contribution in [2.75, 3.05) is 0 Å². The number of phenolic OH excluding ortho intramolecular Hbond substituents is 2. The van der Waals surface area contributed by atoms with Gasteiger partial charge in [0.25, 0.3) is 5.91 Å². The minimum Gasteiger partial charge on any atom is -0.508 e. The van der Waals surface area contributed by atoms with Crippen LogP contribution in [0.1, 0.15) is 27.2 Å². The van der Waals surface area contributed by atoms with E-state index in [1.54, 1.807) is 6.07 Å². The molecule has 0 unspecified atom stereocenters. The zero-order valence-corrected chi connectivity index (χ0v) is 14.3. The number of rotatable bonds is 4. The number of amides is 1. The number of aromatic amines is 1. The molecule has 0 bridgehead atoms. The van der Waals surface area contributed by atoms with Crippen LogP contribution in [0.5, 0.6) is 11.5 Å². The number of nitrogens with one attached hydrogen (secondary N) is 2. The lowest BCUT2D eigenvalue weighted by Gasteiger charge is -2.01. The van der Waals surface area contributed by atoms with Gasteiger partial charge in [-0.05, 0) is 49.2 Å². The summed E-state index contributed by atoms with van der Waals surface area (Å²) in [6, 6.07) is 11.7. The molecule has 0 aliphatic rings. The van der Waals surface area contributed by atoms with Crippen molar-refractivity contribution in [3.63, 3.8) is 0 Å². The average molecular weight is 350 g/mol. The van der Waals surface area contributed by atoms with E-state index in [0.717, 1.165) is 11.1 Å². The minimum atomic E-state index is -0.456. The highest BCUT2D eigenvalue weighted by molar-refractivity contribution is 5.94. The predicted octanol–water partition coefficient (Wildman–Crippen LogP) is 2.87. The number of aromatic nitrogens is 2. The van der Waals surface area contributed by atoms with Crippen molar-refractivity contribution in [2.24, 2.45) is 5.10 Å². The van der Waals surface area contributed by atoms with Gasteiger partial charge in [-0.1, -0.05) is 12.1 Å². The first-order chi connectivity index (χ1) is 12.4. The molecule has 7 heteroatoms. The van der Waals surface area contributed by atoms with Gasteiger partial charge in [-0.25, -0.2) is 5.43 Å². The van der Waals surface area contributed by atoms with E-state index in [1.807, 2.05) is 32.0 Å². The van der Waals surface area contributed by atoms with Crippen molar-refractivity contribution in [1.82, 2.24) is 15.6 Å². The van der Waals surface area contributed by atoms with E-state index in [9.17, 15) is 15.0 Å². The fourth-order valence-electron chi connectivity index (χ4n) is 2.35. The maximum Gasteiger partial charge on any atom is 0.289 e. The molecule has 0 radical (unpaired) electrons. The van der Waals surface area contributed by atoms with Crippen LogP contribution in [0.2, 0.25) is 0 Å². The van der Waals surface area contributed by atoms with Crippen LogP contribution in [-0.4, -0.2) is 32.5 Å². The number of aryl methyl sites for hydroxylation is 2. The van der Waals surface area contributed by atoms with Crippen LogP contribution in [-0.2, 0) is 0 Å². The summed E-state index contributed by atoms with van der Waals surface area (Å²) in [4.78, 5) is 12.1. The normalized spacial score (nSPS) is 11.0. The second-order valence-corrected chi connectivity index (χ2v) is 5.91. The number of carbonyl (C=O) groups is 1. The van der Waals surface area contributed by atoms with E-state index in [4.69, 9.17) is 0 Å². The topological polar surface area (TPSA) is 111 Å². The highest BCUT2D eigenvalue weighted by Gasteiger charge is 2.11. The van der Waals surface area contributed by atoms with Gasteiger partial charge in [0.15, 0.2) is 0 Å². The molecule has 26 heavy (non-hydrogen) atoms. The third kappa shape index (κ3) is 3.72. The highest BCUT2D eigenvalue weighted by atomic mass is 16.3. The second-order valence-electron chi connectivity index (χ2n) is 5.91. The summed E-state index contributed by atoms with van der Waals surface area (Å²) in [5.74, 6) is -0.649. The Morgan fingerprint density at radius 1 is 1.12 bits per heavy atom. The average Bonchev–Trinajstić information content (AvgIpc) is 3.09. The lowest BCUT2D eigenvalue weighted by atomic mass is 10.0. The van der Waals surface area contributed by atoms with E-state index in [0.29, 0.717) is 11.3 Å². The summed E-state index contributed by atoms with van der Waals surface area (Å²) in [6.07, 6.45) is 1.29. The molecule has 3 aromatic rings. The van der Waals surface area contributed by atoms with Crippen LogP contribution < -0.4 is 5.43 Å². The van der Waals surface area contributed by atoms with E-state index in [1.165, 1.54) is 30.0 Å². The predicted molar refractivity (Wildman–Crippen MR) is 98.3 cm³/mol. The molecule has 132 valence electrons. The number of hydrogen-bond acceptors (Lipinski definition) is 5. The fraction of sp³-hybridized carbons (Fsp3) is 0.105.